The molecule has 0 N–H and O–H groups in total. The zero-order chi connectivity index (χ0) is 0. The summed E-state index contributed by atoms with van der Waals surface area (Å²) in [5.41, 5.74) is 0. The minimum atomic E-state index is 0. The van der Waals surface area contributed by atoms with Crippen LogP contribution in [0.3, 0.4) is 0 Å². The van der Waals surface area contributed by atoms with Gasteiger partial charge >= 0.3 is 56.8 Å². The van der Waals surface area contributed by atoms with Gasteiger partial charge < -0.3 is 27.4 Å². The summed E-state index contributed by atoms with van der Waals surface area (Å²) in [6.45, 7) is 0. The molecule has 0 rings (SSSR count). The molecule has 0 bridgehead atoms. The van der Waals surface area contributed by atoms with Crippen LogP contribution < -0.4 is 0 Å². The van der Waals surface area contributed by atoms with E-state index >= 15 is 0 Å². The van der Waals surface area contributed by atoms with Crippen molar-refractivity contribution in [3.05, 3.63) is 0 Å². The van der Waals surface area contributed by atoms with Gasteiger partial charge in [0.25, 0.3) is 0 Å². The Morgan fingerprint density at radius 1 is 0.500 bits per heavy atom. The Morgan fingerprint density at radius 3 is 0.500 bits per heavy atom. The zero-order valence-electron chi connectivity index (χ0n) is 3.37. The predicted octanol–water partition coefficient (Wildman–Crippen LogP) is -0.980. The molecule has 0 unspecified atom stereocenters. The Labute approximate surface area is 83.9 Å². The minimum absolute atomic E-state index is 0. The van der Waals surface area contributed by atoms with E-state index in [-0.39, 0.29) is 84.2 Å². The van der Waals surface area contributed by atoms with E-state index in [9.17, 15) is 0 Å². The Morgan fingerprint density at radius 2 is 0.500 bits per heavy atom. The van der Waals surface area contributed by atoms with E-state index in [2.05, 4.69) is 0 Å². The smallest absolute Gasteiger partial charge is 2.00 e. The number of hydrogen-bond acceptors (Lipinski definition) is 0. The third-order valence-electron chi connectivity index (χ3n) is 0. The molecule has 5 nitrogen and oxygen atoms in total. The molecule has 8 heavy (non-hydrogen) atoms. The summed E-state index contributed by atoms with van der Waals surface area (Å²) >= 11 is 0. The van der Waals surface area contributed by atoms with E-state index in [1.165, 1.54) is 0 Å². The molecular weight excluding hydrogens is 351 g/mol. The van der Waals surface area contributed by atoms with E-state index < -0.39 is 0 Å². The molecule has 1 radical (unpaired) electrons. The van der Waals surface area contributed by atoms with Gasteiger partial charge in [0.1, 0.15) is 0 Å². The summed E-state index contributed by atoms with van der Waals surface area (Å²) in [6.07, 6.45) is 0. The van der Waals surface area contributed by atoms with E-state index in [4.69, 9.17) is 0 Å². The van der Waals surface area contributed by atoms with Gasteiger partial charge in [-0.05, 0) is 0 Å². The minimum Gasteiger partial charge on any atom is -2.00 e. The fourth-order valence-electron chi connectivity index (χ4n) is 0. The van der Waals surface area contributed by atoms with E-state index in [0.29, 0.717) is 0 Å². The van der Waals surface area contributed by atoms with E-state index in [1.54, 1.807) is 0 Å². The summed E-state index contributed by atoms with van der Waals surface area (Å²) in [5.74, 6) is 0. The molecule has 0 aromatic carbocycles. The molecule has 0 spiro atoms. The van der Waals surface area contributed by atoms with Crippen molar-refractivity contribution in [1.82, 2.24) is 0 Å². The molecule has 0 heterocycles. The maximum Gasteiger partial charge on any atom is 5.00 e. The van der Waals surface area contributed by atoms with Crippen molar-refractivity contribution in [3.8, 4) is 0 Å². The van der Waals surface area contributed by atoms with Crippen LogP contribution in [-0.2, 0) is 66.8 Å². The first-order chi connectivity index (χ1) is 0. The monoisotopic (exact) mass is 351 g/mol. The van der Waals surface area contributed by atoms with Crippen LogP contribution in [0.25, 0.3) is 0 Å². The fourth-order valence-corrected chi connectivity index (χ4v) is 0. The zero-order valence-corrected chi connectivity index (χ0v) is 8.68. The van der Waals surface area contributed by atoms with Gasteiger partial charge in [-0.3, -0.25) is 0 Å². The quantitative estimate of drug-likeness (QED) is 0.494. The van der Waals surface area contributed by atoms with Crippen molar-refractivity contribution < 1.29 is 66.8 Å². The summed E-state index contributed by atoms with van der Waals surface area (Å²) in [5, 5.41) is 0. The topological polar surface area (TPSA) is 142 Å². The van der Waals surface area contributed by atoms with Crippen LogP contribution in [0.2, 0.25) is 0 Å². The Kier molecular flexibility index (Phi) is 6820. The van der Waals surface area contributed by atoms with E-state index in [0.717, 1.165) is 0 Å². The van der Waals surface area contributed by atoms with Crippen molar-refractivity contribution in [1.29, 1.82) is 0 Å². The van der Waals surface area contributed by atoms with Crippen LogP contribution in [0.1, 0.15) is 0 Å². The van der Waals surface area contributed by atoms with E-state index in [1.807, 2.05) is 0 Å². The second kappa shape index (κ2) is 195. The Balaban J connectivity index is 0. The summed E-state index contributed by atoms with van der Waals surface area (Å²) < 4.78 is 0. The molecule has 8 heteroatoms. The second-order valence-electron chi connectivity index (χ2n) is 0. The van der Waals surface area contributed by atoms with Crippen molar-refractivity contribution in [2.75, 3.05) is 0 Å². The van der Waals surface area contributed by atoms with Crippen LogP contribution in [0.15, 0.2) is 0 Å². The Bertz CT molecular complexity index is 12.4. The van der Waals surface area contributed by atoms with Gasteiger partial charge in [0.2, 0.25) is 0 Å². The first-order valence-electron chi connectivity index (χ1n) is 0. The van der Waals surface area contributed by atoms with Gasteiger partial charge in [-0.25, -0.2) is 0 Å². The van der Waals surface area contributed by atoms with Crippen LogP contribution >= 0.6 is 0 Å². The van der Waals surface area contributed by atoms with Crippen molar-refractivity contribution >= 4 is 17.4 Å². The largest absolute Gasteiger partial charge is 5.00 e. The molecule has 0 fully saturated rings. The maximum atomic E-state index is 0. The average Bonchev–Trinajstić information content (AvgIpc) is 0. The van der Waals surface area contributed by atoms with Gasteiger partial charge in [0.15, 0.2) is 0 Å². The van der Waals surface area contributed by atoms with Gasteiger partial charge in [0.05, 0.1) is 0 Å². The molecule has 0 aliphatic rings. The molecule has 0 saturated heterocycles. The van der Waals surface area contributed by atoms with Crippen molar-refractivity contribution in [3.63, 3.8) is 0 Å². The van der Waals surface area contributed by atoms with Crippen molar-refractivity contribution in [2.45, 2.75) is 0 Å². The third kappa shape index (κ3) is 130. The van der Waals surface area contributed by atoms with Crippen LogP contribution in [-0.4, -0.2) is 17.4 Å². The Hall–Kier alpha value is 1.59. The molecule has 49 valence electrons. The SMILES string of the molecule is [Al+3].[Cu+2].[O-2].[O-2].[O-2].[O-2].[O-2].[Ta+5]. The number of rotatable bonds is 0. The van der Waals surface area contributed by atoms with Gasteiger partial charge in [-0.2, -0.15) is 0 Å². The predicted molar refractivity (Wildman–Crippen MR) is 9.19 cm³/mol. The van der Waals surface area contributed by atoms with Crippen molar-refractivity contribution in [2.24, 2.45) is 0 Å². The standard InChI is InChI=1S/Al.Cu.5O.Ta/q+3;+2;5*-2;+5. The molecule has 0 aliphatic carbocycles. The second-order valence-corrected chi connectivity index (χ2v) is 0. The molecule has 0 amide bonds. The van der Waals surface area contributed by atoms with Crippen LogP contribution in [0.4, 0.5) is 0 Å². The summed E-state index contributed by atoms with van der Waals surface area (Å²) in [4.78, 5) is 0. The molecule has 0 aromatic heterocycles. The number of hydrogen-bond donors (Lipinski definition) is 0. The third-order valence-corrected chi connectivity index (χ3v) is 0. The maximum absolute atomic E-state index is 0. The molecule has 0 aromatic rings. The summed E-state index contributed by atoms with van der Waals surface area (Å²) in [7, 11) is 0. The van der Waals surface area contributed by atoms with Gasteiger partial charge in [-0.15, -0.1) is 0 Å². The first kappa shape index (κ1) is 279. The van der Waals surface area contributed by atoms with Gasteiger partial charge in [0, 0.05) is 0 Å². The van der Waals surface area contributed by atoms with Crippen LogP contribution in [0.5, 0.6) is 0 Å². The summed E-state index contributed by atoms with van der Waals surface area (Å²) in [6, 6.07) is 0. The first-order valence-corrected chi connectivity index (χ1v) is 0. The molecule has 0 saturated carbocycles. The molecule has 0 aliphatic heterocycles. The fraction of sp³-hybridized carbons (Fsp3) is 0. The van der Waals surface area contributed by atoms with Crippen LogP contribution in [0, 0.1) is 0 Å². The normalized spacial score (nSPS) is 0. The average molecular weight is 351 g/mol. The van der Waals surface area contributed by atoms with Gasteiger partial charge in [-0.1, -0.05) is 0 Å². The molecule has 0 atom stereocenters. The molecular formula is AlCuO5Ta.